The van der Waals surface area contributed by atoms with Crippen molar-refractivity contribution < 1.29 is 0 Å². The van der Waals surface area contributed by atoms with Crippen molar-refractivity contribution in [1.82, 2.24) is 15.1 Å². The van der Waals surface area contributed by atoms with Gasteiger partial charge in [-0.25, -0.2) is 0 Å². The highest BCUT2D eigenvalue weighted by Gasteiger charge is 2.33. The highest BCUT2D eigenvalue weighted by Crippen LogP contribution is 2.33. The van der Waals surface area contributed by atoms with Gasteiger partial charge in [0.1, 0.15) is 0 Å². The molecule has 1 saturated carbocycles. The molecule has 2 atom stereocenters. The lowest BCUT2D eigenvalue weighted by molar-refractivity contribution is 0.203. The molecule has 3 heteroatoms. The maximum atomic E-state index is 3.51. The number of hydrogen-bond donors (Lipinski definition) is 1. The van der Waals surface area contributed by atoms with Crippen molar-refractivity contribution in [3.8, 4) is 0 Å². The fourth-order valence-electron chi connectivity index (χ4n) is 3.27. The van der Waals surface area contributed by atoms with Crippen molar-refractivity contribution >= 4 is 0 Å². The van der Waals surface area contributed by atoms with Gasteiger partial charge in [0.15, 0.2) is 0 Å². The summed E-state index contributed by atoms with van der Waals surface area (Å²) in [6.07, 6.45) is 4.25. The van der Waals surface area contributed by atoms with Gasteiger partial charge in [-0.2, -0.15) is 0 Å². The van der Waals surface area contributed by atoms with Gasteiger partial charge < -0.3 is 10.2 Å². The van der Waals surface area contributed by atoms with E-state index in [0.717, 1.165) is 18.0 Å². The van der Waals surface area contributed by atoms with E-state index >= 15 is 0 Å². The molecule has 0 radical (unpaired) electrons. The standard InChI is InChI=1S/C14H29N3/c1-4-17(5-2)13-8-9-16(10-13)11-14(15-3)12-6-7-12/h12-15H,4-11H2,1-3H3. The summed E-state index contributed by atoms with van der Waals surface area (Å²) in [4.78, 5) is 5.29. The summed E-state index contributed by atoms with van der Waals surface area (Å²) in [5, 5.41) is 3.51. The van der Waals surface area contributed by atoms with Crippen LogP contribution in [0.25, 0.3) is 0 Å². The second kappa shape index (κ2) is 6.17. The first-order chi connectivity index (χ1) is 8.28. The van der Waals surface area contributed by atoms with E-state index in [4.69, 9.17) is 0 Å². The Bertz CT molecular complexity index is 224. The molecule has 0 spiro atoms. The van der Waals surface area contributed by atoms with Crippen LogP contribution in [0.3, 0.4) is 0 Å². The molecule has 1 N–H and O–H groups in total. The lowest BCUT2D eigenvalue weighted by Crippen LogP contribution is -2.42. The molecule has 2 aliphatic rings. The predicted molar refractivity (Wildman–Crippen MR) is 73.3 cm³/mol. The highest BCUT2D eigenvalue weighted by atomic mass is 15.3. The second-order valence-electron chi connectivity index (χ2n) is 5.66. The Labute approximate surface area is 107 Å². The smallest absolute Gasteiger partial charge is 0.0235 e. The zero-order valence-electron chi connectivity index (χ0n) is 11.8. The van der Waals surface area contributed by atoms with Crippen LogP contribution in [-0.2, 0) is 0 Å². The highest BCUT2D eigenvalue weighted by molar-refractivity contribution is 4.91. The Hall–Kier alpha value is -0.120. The molecule has 1 aliphatic heterocycles. The van der Waals surface area contributed by atoms with Crippen LogP contribution in [0.15, 0.2) is 0 Å². The Kier molecular flexibility index (Phi) is 4.83. The van der Waals surface area contributed by atoms with Gasteiger partial charge >= 0.3 is 0 Å². The molecule has 17 heavy (non-hydrogen) atoms. The van der Waals surface area contributed by atoms with Gasteiger partial charge in [-0.1, -0.05) is 13.8 Å². The average Bonchev–Trinajstić information content (AvgIpc) is 3.09. The first-order valence-corrected chi connectivity index (χ1v) is 7.42. The predicted octanol–water partition coefficient (Wildman–Crippen LogP) is 1.40. The van der Waals surface area contributed by atoms with Gasteiger partial charge in [-0.15, -0.1) is 0 Å². The van der Waals surface area contributed by atoms with Crippen LogP contribution in [0.4, 0.5) is 0 Å². The molecule has 2 unspecified atom stereocenters. The van der Waals surface area contributed by atoms with Crippen LogP contribution in [-0.4, -0.2) is 61.7 Å². The van der Waals surface area contributed by atoms with Crippen LogP contribution in [0.1, 0.15) is 33.1 Å². The SMILES string of the molecule is CCN(CC)C1CCN(CC(NC)C2CC2)C1. The van der Waals surface area contributed by atoms with Crippen LogP contribution in [0.5, 0.6) is 0 Å². The van der Waals surface area contributed by atoms with E-state index in [2.05, 4.69) is 36.0 Å². The van der Waals surface area contributed by atoms with E-state index in [1.54, 1.807) is 0 Å². The Balaban J connectivity index is 1.76. The van der Waals surface area contributed by atoms with Gasteiger partial charge in [-0.3, -0.25) is 4.90 Å². The Morgan fingerprint density at radius 3 is 2.47 bits per heavy atom. The summed E-state index contributed by atoms with van der Waals surface area (Å²) in [5.74, 6) is 0.965. The zero-order chi connectivity index (χ0) is 12.3. The molecule has 0 amide bonds. The van der Waals surface area contributed by atoms with Crippen LogP contribution in [0, 0.1) is 5.92 Å². The summed E-state index contributed by atoms with van der Waals surface area (Å²) in [6, 6.07) is 1.55. The first-order valence-electron chi connectivity index (χ1n) is 7.42. The first kappa shape index (κ1) is 13.3. The minimum Gasteiger partial charge on any atom is -0.315 e. The molecule has 100 valence electrons. The number of nitrogens with one attached hydrogen (secondary N) is 1. The summed E-state index contributed by atoms with van der Waals surface area (Å²) in [5.41, 5.74) is 0. The van der Waals surface area contributed by atoms with Crippen LogP contribution in [0.2, 0.25) is 0 Å². The summed E-state index contributed by atoms with van der Waals surface area (Å²) in [6.45, 7) is 10.8. The maximum absolute atomic E-state index is 3.51. The lowest BCUT2D eigenvalue weighted by atomic mass is 10.2. The number of rotatable bonds is 7. The summed E-state index contributed by atoms with van der Waals surface area (Å²) in [7, 11) is 2.13. The fourth-order valence-corrected chi connectivity index (χ4v) is 3.27. The van der Waals surface area contributed by atoms with E-state index in [9.17, 15) is 0 Å². The Morgan fingerprint density at radius 2 is 1.94 bits per heavy atom. The van der Waals surface area contributed by atoms with Gasteiger partial charge in [-0.05, 0) is 51.9 Å². The van der Waals surface area contributed by atoms with E-state index in [1.807, 2.05) is 0 Å². The molecule has 0 aromatic carbocycles. The molecular weight excluding hydrogens is 210 g/mol. The number of likely N-dealkylation sites (N-methyl/N-ethyl adjacent to an activating group) is 2. The van der Waals surface area contributed by atoms with Gasteiger partial charge in [0.05, 0.1) is 0 Å². The van der Waals surface area contributed by atoms with Crippen LogP contribution >= 0.6 is 0 Å². The third-order valence-corrected chi connectivity index (χ3v) is 4.59. The largest absolute Gasteiger partial charge is 0.315 e. The van der Waals surface area contributed by atoms with Gasteiger partial charge in [0.2, 0.25) is 0 Å². The van der Waals surface area contributed by atoms with E-state index in [0.29, 0.717) is 0 Å². The normalized spacial score (nSPS) is 27.9. The van der Waals surface area contributed by atoms with E-state index in [1.165, 1.54) is 52.0 Å². The number of likely N-dealkylation sites (tertiary alicyclic amines) is 1. The van der Waals surface area contributed by atoms with Crippen molar-refractivity contribution in [3.05, 3.63) is 0 Å². The average molecular weight is 239 g/mol. The van der Waals surface area contributed by atoms with E-state index < -0.39 is 0 Å². The molecular formula is C14H29N3. The molecule has 2 rings (SSSR count). The quantitative estimate of drug-likeness (QED) is 0.724. The molecule has 0 aromatic rings. The van der Waals surface area contributed by atoms with Crippen molar-refractivity contribution in [1.29, 1.82) is 0 Å². The summed E-state index contributed by atoms with van der Waals surface area (Å²) >= 11 is 0. The number of nitrogens with zero attached hydrogens (tertiary/aromatic N) is 2. The van der Waals surface area contributed by atoms with Gasteiger partial charge in [0, 0.05) is 25.2 Å². The summed E-state index contributed by atoms with van der Waals surface area (Å²) < 4.78 is 0. The molecule has 0 aromatic heterocycles. The van der Waals surface area contributed by atoms with Crippen molar-refractivity contribution in [2.45, 2.75) is 45.2 Å². The van der Waals surface area contributed by atoms with E-state index in [-0.39, 0.29) is 0 Å². The number of hydrogen-bond acceptors (Lipinski definition) is 3. The fraction of sp³-hybridized carbons (Fsp3) is 1.00. The minimum absolute atomic E-state index is 0.741. The zero-order valence-corrected chi connectivity index (χ0v) is 11.8. The molecule has 3 nitrogen and oxygen atoms in total. The van der Waals surface area contributed by atoms with Gasteiger partial charge in [0.25, 0.3) is 0 Å². The molecule has 2 fully saturated rings. The molecule has 1 aliphatic carbocycles. The lowest BCUT2D eigenvalue weighted by Gasteiger charge is -2.27. The van der Waals surface area contributed by atoms with Crippen molar-refractivity contribution in [2.24, 2.45) is 5.92 Å². The maximum Gasteiger partial charge on any atom is 0.0235 e. The van der Waals surface area contributed by atoms with Crippen LogP contribution < -0.4 is 5.32 Å². The second-order valence-corrected chi connectivity index (χ2v) is 5.66. The molecule has 1 heterocycles. The molecule has 0 bridgehead atoms. The monoisotopic (exact) mass is 239 g/mol. The third-order valence-electron chi connectivity index (χ3n) is 4.59. The Morgan fingerprint density at radius 1 is 1.24 bits per heavy atom. The van der Waals surface area contributed by atoms with Crippen molar-refractivity contribution in [3.63, 3.8) is 0 Å². The molecule has 1 saturated heterocycles. The topological polar surface area (TPSA) is 18.5 Å². The minimum atomic E-state index is 0.741. The third kappa shape index (κ3) is 3.43. The van der Waals surface area contributed by atoms with Crippen molar-refractivity contribution in [2.75, 3.05) is 39.8 Å².